The van der Waals surface area contributed by atoms with Gasteiger partial charge in [-0.15, -0.1) is 0 Å². The third kappa shape index (κ3) is 3.76. The number of aromatic nitrogens is 3. The van der Waals surface area contributed by atoms with Gasteiger partial charge in [0.15, 0.2) is 5.82 Å². The Balaban J connectivity index is 1.67. The maximum absolute atomic E-state index is 5.27. The lowest BCUT2D eigenvalue weighted by atomic mass is 10.1. The van der Waals surface area contributed by atoms with Crippen molar-refractivity contribution in [1.29, 1.82) is 0 Å². The van der Waals surface area contributed by atoms with Crippen LogP contribution in [0.4, 0.5) is 5.82 Å². The minimum absolute atomic E-state index is 0.703. The van der Waals surface area contributed by atoms with Gasteiger partial charge in [0.05, 0.1) is 26.1 Å². The molecule has 4 rings (SSSR count). The second kappa shape index (κ2) is 8.00. The van der Waals surface area contributed by atoms with E-state index in [0.29, 0.717) is 13.1 Å². The summed E-state index contributed by atoms with van der Waals surface area (Å²) in [4.78, 5) is 14.5. The second-order valence-electron chi connectivity index (χ2n) is 6.49. The highest BCUT2D eigenvalue weighted by molar-refractivity contribution is 5.85. The Morgan fingerprint density at radius 3 is 1.89 bits per heavy atom. The summed E-state index contributed by atoms with van der Waals surface area (Å²) in [6.45, 7) is 1.41. The quantitative estimate of drug-likeness (QED) is 0.526. The van der Waals surface area contributed by atoms with E-state index in [1.807, 2.05) is 36.5 Å². The number of fused-ring (bicyclic) bond motifs is 1. The van der Waals surface area contributed by atoms with Gasteiger partial charge in [-0.1, -0.05) is 24.3 Å². The Bertz CT molecular complexity index is 993. The van der Waals surface area contributed by atoms with E-state index < -0.39 is 0 Å². The molecule has 0 aliphatic carbocycles. The van der Waals surface area contributed by atoms with Crippen LogP contribution in [0, 0.1) is 0 Å². The zero-order chi connectivity index (χ0) is 19.3. The molecule has 2 aromatic carbocycles. The normalized spacial score (nSPS) is 10.8. The predicted molar refractivity (Wildman–Crippen MR) is 110 cm³/mol. The minimum atomic E-state index is 0.703. The van der Waals surface area contributed by atoms with Crippen LogP contribution in [0.25, 0.3) is 11.0 Å². The summed E-state index contributed by atoms with van der Waals surface area (Å²) in [5.41, 5.74) is 4.18. The van der Waals surface area contributed by atoms with Gasteiger partial charge < -0.3 is 19.4 Å². The summed E-state index contributed by atoms with van der Waals surface area (Å²) >= 11 is 0. The highest BCUT2D eigenvalue weighted by Crippen LogP contribution is 2.26. The van der Waals surface area contributed by atoms with E-state index in [4.69, 9.17) is 9.47 Å². The van der Waals surface area contributed by atoms with Gasteiger partial charge in [0.1, 0.15) is 17.0 Å². The average Bonchev–Trinajstić information content (AvgIpc) is 3.23. The number of hydrogen-bond acceptors (Lipinski definition) is 5. The van der Waals surface area contributed by atoms with Crippen LogP contribution in [0.1, 0.15) is 11.1 Å². The van der Waals surface area contributed by atoms with Crippen molar-refractivity contribution in [2.75, 3.05) is 19.1 Å². The van der Waals surface area contributed by atoms with Crippen molar-refractivity contribution in [3.8, 4) is 11.5 Å². The zero-order valence-electron chi connectivity index (χ0n) is 15.9. The Morgan fingerprint density at radius 1 is 0.786 bits per heavy atom. The summed E-state index contributed by atoms with van der Waals surface area (Å²) in [7, 11) is 3.35. The molecule has 0 bridgehead atoms. The van der Waals surface area contributed by atoms with Crippen molar-refractivity contribution in [2.45, 2.75) is 13.1 Å². The lowest BCUT2D eigenvalue weighted by molar-refractivity contribution is 0.414. The smallest absolute Gasteiger partial charge is 0.157 e. The molecular formula is C22H22N4O2. The van der Waals surface area contributed by atoms with Crippen molar-refractivity contribution >= 4 is 16.9 Å². The molecule has 6 nitrogen and oxygen atoms in total. The number of nitrogens with one attached hydrogen (secondary N) is 1. The molecule has 2 aromatic heterocycles. The third-order valence-corrected chi connectivity index (χ3v) is 4.68. The van der Waals surface area contributed by atoms with E-state index in [0.717, 1.165) is 28.4 Å². The number of H-pyrrole nitrogens is 1. The van der Waals surface area contributed by atoms with Gasteiger partial charge in [-0.2, -0.15) is 0 Å². The number of methoxy groups -OCH3 is 2. The van der Waals surface area contributed by atoms with E-state index in [-0.39, 0.29) is 0 Å². The van der Waals surface area contributed by atoms with Gasteiger partial charge in [-0.3, -0.25) is 0 Å². The van der Waals surface area contributed by atoms with Crippen molar-refractivity contribution in [3.05, 3.63) is 78.2 Å². The number of benzene rings is 2. The molecule has 0 radical (unpaired) electrons. The molecule has 0 aliphatic heterocycles. The Hall–Kier alpha value is -3.54. The first-order valence-electron chi connectivity index (χ1n) is 9.05. The van der Waals surface area contributed by atoms with E-state index in [2.05, 4.69) is 44.1 Å². The molecule has 6 heteroatoms. The Morgan fingerprint density at radius 2 is 1.36 bits per heavy atom. The highest BCUT2D eigenvalue weighted by atomic mass is 16.5. The number of aromatic amines is 1. The summed E-state index contributed by atoms with van der Waals surface area (Å²) in [6, 6.07) is 18.1. The zero-order valence-corrected chi connectivity index (χ0v) is 15.9. The van der Waals surface area contributed by atoms with Crippen LogP contribution in [0.15, 0.2) is 67.1 Å². The maximum Gasteiger partial charge on any atom is 0.157 e. The Kier molecular flexibility index (Phi) is 5.10. The van der Waals surface area contributed by atoms with Crippen LogP contribution in [0.2, 0.25) is 0 Å². The number of pyridine rings is 1. The molecule has 0 aliphatic rings. The number of ether oxygens (including phenoxy) is 2. The van der Waals surface area contributed by atoms with E-state index >= 15 is 0 Å². The first kappa shape index (κ1) is 17.9. The van der Waals surface area contributed by atoms with Crippen molar-refractivity contribution in [3.63, 3.8) is 0 Å². The average molecular weight is 374 g/mol. The molecule has 4 aromatic rings. The third-order valence-electron chi connectivity index (χ3n) is 4.68. The summed E-state index contributed by atoms with van der Waals surface area (Å²) in [5.74, 6) is 2.54. The first-order chi connectivity index (χ1) is 13.8. The van der Waals surface area contributed by atoms with E-state index in [1.54, 1.807) is 20.5 Å². The fourth-order valence-electron chi connectivity index (χ4n) is 3.19. The molecule has 0 saturated carbocycles. The first-order valence-corrected chi connectivity index (χ1v) is 9.05. The van der Waals surface area contributed by atoms with E-state index in [1.165, 1.54) is 11.1 Å². The van der Waals surface area contributed by atoms with Crippen LogP contribution >= 0.6 is 0 Å². The summed E-state index contributed by atoms with van der Waals surface area (Å²) < 4.78 is 10.5. The molecule has 0 atom stereocenters. The molecule has 0 fully saturated rings. The number of nitrogens with zero attached hydrogens (tertiary/aromatic N) is 3. The standard InChI is InChI=1S/C22H22N4O2/c1-27-18-7-3-16(4-8-18)13-26(14-17-5-9-19(28-2)10-6-17)22-21-20(11-12-23-22)24-15-25-21/h3-12,15H,13-14H2,1-2H3,(H,24,25). The largest absolute Gasteiger partial charge is 0.497 e. The summed E-state index contributed by atoms with van der Waals surface area (Å²) in [6.07, 6.45) is 3.51. The van der Waals surface area contributed by atoms with Crippen LogP contribution < -0.4 is 14.4 Å². The van der Waals surface area contributed by atoms with Gasteiger partial charge in [0.2, 0.25) is 0 Å². The molecule has 0 spiro atoms. The van der Waals surface area contributed by atoms with Crippen LogP contribution in [0.5, 0.6) is 11.5 Å². The van der Waals surface area contributed by atoms with Crippen molar-refractivity contribution in [2.24, 2.45) is 0 Å². The number of anilines is 1. The van der Waals surface area contributed by atoms with Gasteiger partial charge in [-0.25, -0.2) is 9.97 Å². The lowest BCUT2D eigenvalue weighted by Crippen LogP contribution is -2.23. The highest BCUT2D eigenvalue weighted by Gasteiger charge is 2.15. The molecule has 0 amide bonds. The van der Waals surface area contributed by atoms with Gasteiger partial charge in [0.25, 0.3) is 0 Å². The van der Waals surface area contributed by atoms with Crippen LogP contribution in [-0.4, -0.2) is 29.2 Å². The SMILES string of the molecule is COc1ccc(CN(Cc2ccc(OC)cc2)c2nccc3[nH]cnc23)cc1. The monoisotopic (exact) mass is 374 g/mol. The van der Waals surface area contributed by atoms with Gasteiger partial charge in [0, 0.05) is 19.3 Å². The molecular weight excluding hydrogens is 352 g/mol. The van der Waals surface area contributed by atoms with Gasteiger partial charge in [-0.05, 0) is 41.5 Å². The number of imidazole rings is 1. The fraction of sp³-hybridized carbons (Fsp3) is 0.182. The Labute approximate surface area is 163 Å². The number of hydrogen-bond donors (Lipinski definition) is 1. The predicted octanol–water partition coefficient (Wildman–Crippen LogP) is 4.18. The lowest BCUT2D eigenvalue weighted by Gasteiger charge is -2.24. The maximum atomic E-state index is 5.27. The molecule has 28 heavy (non-hydrogen) atoms. The molecule has 142 valence electrons. The topological polar surface area (TPSA) is 63.3 Å². The number of rotatable bonds is 7. The molecule has 0 unspecified atom stereocenters. The van der Waals surface area contributed by atoms with Crippen molar-refractivity contribution in [1.82, 2.24) is 15.0 Å². The van der Waals surface area contributed by atoms with Crippen molar-refractivity contribution < 1.29 is 9.47 Å². The fourth-order valence-corrected chi connectivity index (χ4v) is 3.19. The second-order valence-corrected chi connectivity index (χ2v) is 6.49. The van der Waals surface area contributed by atoms with Crippen LogP contribution in [-0.2, 0) is 13.1 Å². The van der Waals surface area contributed by atoms with Crippen LogP contribution in [0.3, 0.4) is 0 Å². The van der Waals surface area contributed by atoms with E-state index in [9.17, 15) is 0 Å². The van der Waals surface area contributed by atoms with Gasteiger partial charge >= 0.3 is 0 Å². The molecule has 2 heterocycles. The minimum Gasteiger partial charge on any atom is -0.497 e. The molecule has 0 saturated heterocycles. The summed E-state index contributed by atoms with van der Waals surface area (Å²) in [5, 5.41) is 0. The molecule has 1 N–H and O–H groups in total.